The van der Waals surface area contributed by atoms with Crippen LogP contribution in [0.3, 0.4) is 0 Å². The van der Waals surface area contributed by atoms with E-state index in [4.69, 9.17) is 9.47 Å². The third-order valence-electron chi connectivity index (χ3n) is 6.01. The van der Waals surface area contributed by atoms with E-state index in [0.717, 1.165) is 37.0 Å². The maximum Gasteiger partial charge on any atom is 0.416 e. The van der Waals surface area contributed by atoms with Crippen LogP contribution in [0.15, 0.2) is 42.5 Å². The number of hydrogen-bond donors (Lipinski definition) is 1. The number of carbonyl (C=O) groups excluding carboxylic acids is 1. The number of ether oxygens (including phenoxy) is 2. The van der Waals surface area contributed by atoms with Gasteiger partial charge in [-0.3, -0.25) is 0 Å². The van der Waals surface area contributed by atoms with Gasteiger partial charge in [0.05, 0.1) is 24.5 Å². The van der Waals surface area contributed by atoms with Gasteiger partial charge in [-0.15, -0.1) is 0 Å². The molecular weight excluding hydrogens is 409 g/mol. The lowest BCUT2D eigenvalue weighted by molar-refractivity contribution is -0.202. The van der Waals surface area contributed by atoms with Crippen molar-refractivity contribution in [2.24, 2.45) is 0 Å². The molecule has 2 aliphatic rings. The highest BCUT2D eigenvalue weighted by Gasteiger charge is 2.40. The molecule has 2 aromatic rings. The summed E-state index contributed by atoms with van der Waals surface area (Å²) in [5.74, 6) is 0. The van der Waals surface area contributed by atoms with Crippen molar-refractivity contribution in [3.8, 4) is 11.1 Å². The van der Waals surface area contributed by atoms with Crippen molar-refractivity contribution in [1.29, 1.82) is 0 Å². The van der Waals surface area contributed by atoms with Crippen molar-refractivity contribution < 1.29 is 27.4 Å². The van der Waals surface area contributed by atoms with E-state index in [1.165, 1.54) is 6.07 Å². The molecule has 0 spiro atoms. The Kier molecular flexibility index (Phi) is 5.94. The highest BCUT2D eigenvalue weighted by molar-refractivity contribution is 5.94. The van der Waals surface area contributed by atoms with Crippen LogP contribution in [-0.2, 0) is 21.3 Å². The maximum atomic E-state index is 13.4. The number of benzene rings is 2. The van der Waals surface area contributed by atoms with Gasteiger partial charge in [0, 0.05) is 25.8 Å². The molecule has 2 saturated heterocycles. The number of carbonyl (C=O) groups is 1. The second kappa shape index (κ2) is 8.51. The van der Waals surface area contributed by atoms with Gasteiger partial charge in [0.2, 0.25) is 0 Å². The highest BCUT2D eigenvalue weighted by Crippen LogP contribution is 2.38. The third-order valence-corrected chi connectivity index (χ3v) is 6.01. The van der Waals surface area contributed by atoms with Gasteiger partial charge in [-0.1, -0.05) is 24.3 Å². The molecule has 0 bridgehead atoms. The van der Waals surface area contributed by atoms with E-state index in [1.54, 1.807) is 24.1 Å². The van der Waals surface area contributed by atoms with Gasteiger partial charge in [0.25, 0.3) is 0 Å². The third kappa shape index (κ3) is 4.41. The molecule has 2 heterocycles. The summed E-state index contributed by atoms with van der Waals surface area (Å²) in [5, 5.41) is 2.81. The smallest absolute Gasteiger partial charge is 0.375 e. The van der Waals surface area contributed by atoms with Crippen molar-refractivity contribution >= 4 is 11.7 Å². The van der Waals surface area contributed by atoms with Gasteiger partial charge < -0.3 is 19.7 Å². The number of urea groups is 1. The fourth-order valence-electron chi connectivity index (χ4n) is 4.00. The summed E-state index contributed by atoms with van der Waals surface area (Å²) in [4.78, 5) is 14.4. The van der Waals surface area contributed by atoms with E-state index in [-0.39, 0.29) is 6.03 Å². The first-order chi connectivity index (χ1) is 14.8. The molecular formula is C23H25F3N2O3. The van der Waals surface area contributed by atoms with Crippen molar-refractivity contribution in [3.63, 3.8) is 0 Å². The molecule has 2 aliphatic heterocycles. The minimum absolute atomic E-state index is 0.290. The maximum absolute atomic E-state index is 13.4. The normalized spacial score (nSPS) is 18.4. The van der Waals surface area contributed by atoms with E-state index < -0.39 is 17.3 Å². The fourth-order valence-corrected chi connectivity index (χ4v) is 4.00. The molecule has 0 radical (unpaired) electrons. The summed E-state index contributed by atoms with van der Waals surface area (Å²) in [5.41, 5.74) is 0.875. The lowest BCUT2D eigenvalue weighted by Gasteiger charge is -2.40. The molecule has 5 nitrogen and oxygen atoms in total. The standard InChI is InChI=1S/C23H25F3N2O3/c1-30-22(14-31-15-22)17-7-5-16(6-8-17)19-13-18(23(24,25)26)9-10-20(19)27-21(29)28-11-3-2-4-12-28/h5-10,13H,2-4,11-12,14-15H2,1H3,(H,27,29). The van der Waals surface area contributed by atoms with Crippen LogP contribution in [0.5, 0.6) is 0 Å². The van der Waals surface area contributed by atoms with Gasteiger partial charge in [0.15, 0.2) is 0 Å². The summed E-state index contributed by atoms with van der Waals surface area (Å²) >= 11 is 0. The molecule has 2 fully saturated rings. The predicted molar refractivity (Wildman–Crippen MR) is 111 cm³/mol. The van der Waals surface area contributed by atoms with Crippen LogP contribution in [-0.4, -0.2) is 44.3 Å². The van der Waals surface area contributed by atoms with E-state index in [1.807, 2.05) is 12.1 Å². The lowest BCUT2D eigenvalue weighted by atomic mass is 9.90. The Hall–Kier alpha value is -2.58. The van der Waals surface area contributed by atoms with E-state index >= 15 is 0 Å². The number of hydrogen-bond acceptors (Lipinski definition) is 3. The molecule has 166 valence electrons. The topological polar surface area (TPSA) is 50.8 Å². The number of rotatable bonds is 4. The summed E-state index contributed by atoms with van der Waals surface area (Å²) in [7, 11) is 1.61. The fraction of sp³-hybridized carbons (Fsp3) is 0.435. The van der Waals surface area contributed by atoms with Crippen molar-refractivity contribution in [2.45, 2.75) is 31.0 Å². The Morgan fingerprint density at radius 1 is 1.06 bits per heavy atom. The minimum atomic E-state index is -4.48. The largest absolute Gasteiger partial charge is 0.416 e. The van der Waals surface area contributed by atoms with Crippen LogP contribution in [0.1, 0.15) is 30.4 Å². The zero-order valence-electron chi connectivity index (χ0n) is 17.3. The Balaban J connectivity index is 1.66. The summed E-state index contributed by atoms with van der Waals surface area (Å²) < 4.78 is 50.9. The molecule has 0 aliphatic carbocycles. The lowest BCUT2D eigenvalue weighted by Crippen LogP contribution is -2.48. The number of nitrogens with zero attached hydrogens (tertiary/aromatic N) is 1. The number of anilines is 1. The molecule has 0 aromatic heterocycles. The molecule has 2 aromatic carbocycles. The Labute approximate surface area is 179 Å². The zero-order valence-corrected chi connectivity index (χ0v) is 17.3. The first kappa shape index (κ1) is 21.6. The van der Waals surface area contributed by atoms with E-state index in [9.17, 15) is 18.0 Å². The summed E-state index contributed by atoms with van der Waals surface area (Å²) in [6.07, 6.45) is -1.54. The van der Waals surface area contributed by atoms with Gasteiger partial charge in [-0.2, -0.15) is 13.2 Å². The van der Waals surface area contributed by atoms with Crippen molar-refractivity contribution in [1.82, 2.24) is 4.90 Å². The summed E-state index contributed by atoms with van der Waals surface area (Å²) in [6, 6.07) is 10.3. The number of methoxy groups -OCH3 is 1. The van der Waals surface area contributed by atoms with Crippen LogP contribution >= 0.6 is 0 Å². The van der Waals surface area contributed by atoms with Gasteiger partial charge in [0.1, 0.15) is 5.60 Å². The Bertz CT molecular complexity index is 929. The second-order valence-electron chi connectivity index (χ2n) is 8.00. The molecule has 8 heteroatoms. The summed E-state index contributed by atoms with van der Waals surface area (Å²) in [6.45, 7) is 2.17. The first-order valence-corrected chi connectivity index (χ1v) is 10.3. The quantitative estimate of drug-likeness (QED) is 0.714. The second-order valence-corrected chi connectivity index (χ2v) is 8.00. The number of alkyl halides is 3. The average molecular weight is 434 g/mol. The molecule has 2 amide bonds. The molecule has 4 rings (SSSR count). The number of nitrogens with one attached hydrogen (secondary N) is 1. The SMILES string of the molecule is COC1(c2ccc(-c3cc(C(F)(F)F)ccc3NC(=O)N3CCCCC3)cc2)COC1. The highest BCUT2D eigenvalue weighted by atomic mass is 19.4. The van der Waals surface area contributed by atoms with Gasteiger partial charge in [-0.05, 0) is 48.6 Å². The monoisotopic (exact) mass is 434 g/mol. The van der Waals surface area contributed by atoms with Gasteiger partial charge >= 0.3 is 12.2 Å². The van der Waals surface area contributed by atoms with Crippen molar-refractivity contribution in [2.75, 3.05) is 38.7 Å². The number of likely N-dealkylation sites (tertiary alicyclic amines) is 1. The van der Waals surface area contributed by atoms with Gasteiger partial charge in [-0.25, -0.2) is 4.79 Å². The average Bonchev–Trinajstić information content (AvgIpc) is 2.74. The zero-order chi connectivity index (χ0) is 22.1. The molecule has 31 heavy (non-hydrogen) atoms. The van der Waals surface area contributed by atoms with Crippen molar-refractivity contribution in [3.05, 3.63) is 53.6 Å². The number of halogens is 3. The molecule has 1 N–H and O–H groups in total. The molecule has 0 unspecified atom stereocenters. The van der Waals surface area contributed by atoms with Crippen LogP contribution in [0.2, 0.25) is 0 Å². The first-order valence-electron chi connectivity index (χ1n) is 10.3. The van der Waals surface area contributed by atoms with E-state index in [0.29, 0.717) is 43.1 Å². The molecule has 0 saturated carbocycles. The van der Waals surface area contributed by atoms with E-state index in [2.05, 4.69) is 5.32 Å². The number of amides is 2. The minimum Gasteiger partial charge on any atom is -0.375 e. The van der Waals surface area contributed by atoms with Crippen LogP contribution < -0.4 is 5.32 Å². The van der Waals surface area contributed by atoms with Crippen LogP contribution in [0, 0.1) is 0 Å². The number of piperidine rings is 1. The van der Waals surface area contributed by atoms with Crippen LogP contribution in [0.4, 0.5) is 23.7 Å². The predicted octanol–water partition coefficient (Wildman–Crippen LogP) is 5.26. The Morgan fingerprint density at radius 2 is 1.74 bits per heavy atom. The molecule has 0 atom stereocenters. The Morgan fingerprint density at radius 3 is 2.29 bits per heavy atom. The van der Waals surface area contributed by atoms with Crippen LogP contribution in [0.25, 0.3) is 11.1 Å².